The van der Waals surface area contributed by atoms with E-state index in [0.717, 1.165) is 25.0 Å². The highest BCUT2D eigenvalue weighted by atomic mass is 79.9. The zero-order valence-electron chi connectivity index (χ0n) is 9.21. The number of halogens is 2. The number of carbonyl (C=O) groups is 1. The summed E-state index contributed by atoms with van der Waals surface area (Å²) >= 11 is 8.33. The van der Waals surface area contributed by atoms with Crippen molar-refractivity contribution in [1.29, 1.82) is 0 Å². The van der Waals surface area contributed by atoms with Crippen LogP contribution in [0.25, 0.3) is 0 Å². The van der Waals surface area contributed by atoms with E-state index >= 15 is 0 Å². The van der Waals surface area contributed by atoms with Crippen LogP contribution in [0.1, 0.15) is 35.4 Å². The topological polar surface area (TPSA) is 29.1 Å². The molecule has 1 aromatic rings. The Balaban J connectivity index is 1.69. The molecule has 0 spiro atoms. The smallest absolute Gasteiger partial charge is 0.261 e. The zero-order valence-corrected chi connectivity index (χ0v) is 13.2. The number of hydrogen-bond donors (Lipinski definition) is 1. The van der Waals surface area contributed by atoms with E-state index in [1.165, 1.54) is 37.0 Å². The molecule has 2 saturated carbocycles. The van der Waals surface area contributed by atoms with Gasteiger partial charge in [-0.1, -0.05) is 0 Å². The van der Waals surface area contributed by atoms with Gasteiger partial charge in [0.15, 0.2) is 0 Å². The van der Waals surface area contributed by atoms with E-state index in [0.29, 0.717) is 6.04 Å². The summed E-state index contributed by atoms with van der Waals surface area (Å²) in [5.74, 6) is 1.58. The van der Waals surface area contributed by atoms with Crippen molar-refractivity contribution in [2.75, 3.05) is 0 Å². The number of nitrogens with one attached hydrogen (secondary N) is 1. The van der Waals surface area contributed by atoms with E-state index < -0.39 is 0 Å². The molecule has 0 aromatic carbocycles. The number of thiophene rings is 1. The SMILES string of the molecule is O=C(NC(C1CC1)C1CC1)c1cc(Br)c(Br)s1. The molecule has 2 fully saturated rings. The molecule has 17 heavy (non-hydrogen) atoms. The fourth-order valence-corrected chi connectivity index (χ4v) is 4.15. The Morgan fingerprint density at radius 2 is 1.88 bits per heavy atom. The Hall–Kier alpha value is 0.130. The normalized spacial score (nSPS) is 19.7. The van der Waals surface area contributed by atoms with Gasteiger partial charge in [-0.05, 0) is 75.4 Å². The summed E-state index contributed by atoms with van der Waals surface area (Å²) in [6.07, 6.45) is 5.16. The van der Waals surface area contributed by atoms with E-state index in [2.05, 4.69) is 37.2 Å². The monoisotopic (exact) mass is 377 g/mol. The summed E-state index contributed by atoms with van der Waals surface area (Å²) in [5.41, 5.74) is 0. The fraction of sp³-hybridized carbons (Fsp3) is 0.583. The third-order valence-electron chi connectivity index (χ3n) is 3.43. The molecule has 2 aliphatic rings. The van der Waals surface area contributed by atoms with Crippen LogP contribution >= 0.6 is 43.2 Å². The zero-order chi connectivity index (χ0) is 12.0. The summed E-state index contributed by atoms with van der Waals surface area (Å²) in [5, 5.41) is 3.23. The van der Waals surface area contributed by atoms with Crippen molar-refractivity contribution in [3.8, 4) is 0 Å². The molecule has 5 heteroatoms. The molecule has 1 amide bonds. The second kappa shape index (κ2) is 4.67. The van der Waals surface area contributed by atoms with Crippen LogP contribution in [-0.2, 0) is 0 Å². The Morgan fingerprint density at radius 3 is 2.29 bits per heavy atom. The summed E-state index contributed by atoms with van der Waals surface area (Å²) in [6, 6.07) is 2.32. The minimum Gasteiger partial charge on any atom is -0.348 e. The molecule has 0 aliphatic heterocycles. The Morgan fingerprint density at radius 1 is 1.29 bits per heavy atom. The van der Waals surface area contributed by atoms with E-state index in [1.54, 1.807) is 0 Å². The summed E-state index contributed by atoms with van der Waals surface area (Å²) in [6.45, 7) is 0. The fourth-order valence-electron chi connectivity index (χ4n) is 2.21. The largest absolute Gasteiger partial charge is 0.348 e. The molecule has 0 bridgehead atoms. The molecule has 0 saturated heterocycles. The van der Waals surface area contributed by atoms with Gasteiger partial charge in [0.2, 0.25) is 0 Å². The molecule has 0 radical (unpaired) electrons. The van der Waals surface area contributed by atoms with Gasteiger partial charge in [-0.25, -0.2) is 0 Å². The van der Waals surface area contributed by atoms with E-state index in [-0.39, 0.29) is 5.91 Å². The molecular weight excluding hydrogens is 366 g/mol. The van der Waals surface area contributed by atoms with Crippen LogP contribution in [0.3, 0.4) is 0 Å². The van der Waals surface area contributed by atoms with Gasteiger partial charge in [0.25, 0.3) is 5.91 Å². The van der Waals surface area contributed by atoms with Gasteiger partial charge in [-0.15, -0.1) is 11.3 Å². The molecule has 0 atom stereocenters. The van der Waals surface area contributed by atoms with Crippen LogP contribution in [0.15, 0.2) is 14.3 Å². The van der Waals surface area contributed by atoms with Crippen molar-refractivity contribution in [1.82, 2.24) is 5.32 Å². The Labute approximate surface area is 121 Å². The van der Waals surface area contributed by atoms with Gasteiger partial charge in [-0.2, -0.15) is 0 Å². The highest BCUT2D eigenvalue weighted by Gasteiger charge is 2.42. The third kappa shape index (κ3) is 2.76. The highest BCUT2D eigenvalue weighted by molar-refractivity contribution is 9.13. The molecule has 3 rings (SSSR count). The van der Waals surface area contributed by atoms with Crippen molar-refractivity contribution in [2.45, 2.75) is 31.7 Å². The first-order valence-electron chi connectivity index (χ1n) is 5.91. The molecule has 1 aromatic heterocycles. The Kier molecular flexibility index (Phi) is 3.34. The van der Waals surface area contributed by atoms with Gasteiger partial charge in [0.05, 0.1) is 8.66 Å². The van der Waals surface area contributed by atoms with Crippen molar-refractivity contribution in [2.24, 2.45) is 11.8 Å². The Bertz CT molecular complexity index is 420. The minimum absolute atomic E-state index is 0.0881. The van der Waals surface area contributed by atoms with Gasteiger partial charge in [0, 0.05) is 10.5 Å². The minimum atomic E-state index is 0.0881. The first-order chi connectivity index (χ1) is 8.15. The second-order valence-corrected chi connectivity index (χ2v) is 8.13. The first kappa shape index (κ1) is 12.2. The lowest BCUT2D eigenvalue weighted by Crippen LogP contribution is -2.37. The van der Waals surface area contributed by atoms with Crippen LogP contribution in [0.4, 0.5) is 0 Å². The van der Waals surface area contributed by atoms with Crippen LogP contribution in [0, 0.1) is 11.8 Å². The maximum atomic E-state index is 12.1. The van der Waals surface area contributed by atoms with Crippen LogP contribution < -0.4 is 5.32 Å². The van der Waals surface area contributed by atoms with E-state index in [4.69, 9.17) is 0 Å². The maximum Gasteiger partial charge on any atom is 0.261 e. The second-order valence-electron chi connectivity index (χ2n) is 4.91. The molecular formula is C12H13Br2NOS. The van der Waals surface area contributed by atoms with Crippen molar-refractivity contribution in [3.63, 3.8) is 0 Å². The first-order valence-corrected chi connectivity index (χ1v) is 8.31. The maximum absolute atomic E-state index is 12.1. The molecule has 92 valence electrons. The molecule has 0 unspecified atom stereocenters. The van der Waals surface area contributed by atoms with Crippen LogP contribution in [0.5, 0.6) is 0 Å². The third-order valence-corrected chi connectivity index (χ3v) is 6.68. The van der Waals surface area contributed by atoms with E-state index in [1.807, 2.05) is 6.07 Å². The molecule has 1 N–H and O–H groups in total. The van der Waals surface area contributed by atoms with Crippen LogP contribution in [-0.4, -0.2) is 11.9 Å². The molecule has 2 aliphatic carbocycles. The van der Waals surface area contributed by atoms with Crippen molar-refractivity contribution in [3.05, 3.63) is 19.2 Å². The number of rotatable bonds is 4. The summed E-state index contributed by atoms with van der Waals surface area (Å²) in [4.78, 5) is 12.9. The number of amides is 1. The average molecular weight is 379 g/mol. The predicted molar refractivity (Wildman–Crippen MR) is 76.4 cm³/mol. The highest BCUT2D eigenvalue weighted by Crippen LogP contribution is 2.44. The van der Waals surface area contributed by atoms with Crippen LogP contribution in [0.2, 0.25) is 0 Å². The molecule has 2 nitrogen and oxygen atoms in total. The molecule has 1 heterocycles. The lowest BCUT2D eigenvalue weighted by molar-refractivity contribution is 0.0930. The quantitative estimate of drug-likeness (QED) is 0.835. The van der Waals surface area contributed by atoms with Gasteiger partial charge < -0.3 is 5.32 Å². The standard InChI is InChI=1S/C12H13Br2NOS/c13-8-5-9(17-11(8)14)12(16)15-10(6-1-2-6)7-3-4-7/h5-7,10H,1-4H2,(H,15,16). The number of hydrogen-bond acceptors (Lipinski definition) is 2. The average Bonchev–Trinajstić information content (AvgIpc) is 3.16. The lowest BCUT2D eigenvalue weighted by Gasteiger charge is -2.16. The van der Waals surface area contributed by atoms with Gasteiger partial charge >= 0.3 is 0 Å². The summed E-state index contributed by atoms with van der Waals surface area (Å²) < 4.78 is 1.94. The van der Waals surface area contributed by atoms with Gasteiger partial charge in [0.1, 0.15) is 0 Å². The number of carbonyl (C=O) groups excluding carboxylic acids is 1. The van der Waals surface area contributed by atoms with Crippen molar-refractivity contribution >= 4 is 49.1 Å². The lowest BCUT2D eigenvalue weighted by atomic mass is 10.1. The van der Waals surface area contributed by atoms with Gasteiger partial charge in [-0.3, -0.25) is 4.79 Å². The van der Waals surface area contributed by atoms with Crippen molar-refractivity contribution < 1.29 is 4.79 Å². The summed E-state index contributed by atoms with van der Waals surface area (Å²) in [7, 11) is 0. The van der Waals surface area contributed by atoms with E-state index in [9.17, 15) is 4.79 Å². The predicted octanol–water partition coefficient (Wildman–Crippen LogP) is 4.19.